The first-order valence-corrected chi connectivity index (χ1v) is 9.60. The van der Waals surface area contributed by atoms with Gasteiger partial charge in [-0.3, -0.25) is 5.32 Å². The van der Waals surface area contributed by atoms with Crippen molar-refractivity contribution < 1.29 is 19.0 Å². The lowest BCUT2D eigenvalue weighted by Crippen LogP contribution is -2.27. The molecule has 7 heteroatoms. The van der Waals surface area contributed by atoms with Crippen LogP contribution in [0.3, 0.4) is 0 Å². The standard InChI is InChI=1S/C21H25Cl2NO4/c1-12(2)15-11-14(7-8-18(15)26-6)27-19-16(22)9-13(10-17(19)23)24-20(25)28-21(3,4)5/h7-12H,1-6H3,(H,24,25). The van der Waals surface area contributed by atoms with E-state index in [1.807, 2.05) is 12.1 Å². The molecule has 2 rings (SSSR count). The fourth-order valence-corrected chi connectivity index (χ4v) is 3.06. The van der Waals surface area contributed by atoms with Gasteiger partial charge in [0.1, 0.15) is 17.1 Å². The topological polar surface area (TPSA) is 56.8 Å². The Bertz CT molecular complexity index is 837. The molecule has 0 bridgehead atoms. The molecule has 0 saturated carbocycles. The summed E-state index contributed by atoms with van der Waals surface area (Å²) in [6.45, 7) is 9.48. The number of hydrogen-bond acceptors (Lipinski definition) is 4. The van der Waals surface area contributed by atoms with Gasteiger partial charge in [0.25, 0.3) is 0 Å². The zero-order chi connectivity index (χ0) is 21.1. The second kappa shape index (κ2) is 8.93. The van der Waals surface area contributed by atoms with Crippen molar-refractivity contribution in [2.75, 3.05) is 12.4 Å². The van der Waals surface area contributed by atoms with Gasteiger partial charge in [0.15, 0.2) is 5.75 Å². The van der Waals surface area contributed by atoms with Gasteiger partial charge in [-0.25, -0.2) is 4.79 Å². The van der Waals surface area contributed by atoms with Crippen LogP contribution in [-0.4, -0.2) is 18.8 Å². The zero-order valence-corrected chi connectivity index (χ0v) is 18.4. The van der Waals surface area contributed by atoms with Crippen LogP contribution in [-0.2, 0) is 4.74 Å². The average molecular weight is 426 g/mol. The number of nitrogens with one attached hydrogen (secondary N) is 1. The summed E-state index contributed by atoms with van der Waals surface area (Å²) < 4.78 is 16.5. The third kappa shape index (κ3) is 5.94. The smallest absolute Gasteiger partial charge is 0.412 e. The van der Waals surface area contributed by atoms with Crippen LogP contribution in [0.2, 0.25) is 10.0 Å². The number of anilines is 1. The highest BCUT2D eigenvalue weighted by atomic mass is 35.5. The molecule has 0 aliphatic carbocycles. The van der Waals surface area contributed by atoms with Crippen molar-refractivity contribution in [2.24, 2.45) is 0 Å². The summed E-state index contributed by atoms with van der Waals surface area (Å²) >= 11 is 12.7. The number of methoxy groups -OCH3 is 1. The van der Waals surface area contributed by atoms with E-state index in [4.69, 9.17) is 37.4 Å². The van der Waals surface area contributed by atoms with Crippen molar-refractivity contribution in [3.63, 3.8) is 0 Å². The Morgan fingerprint density at radius 2 is 1.68 bits per heavy atom. The maximum Gasteiger partial charge on any atom is 0.412 e. The number of carbonyl (C=O) groups excluding carboxylic acids is 1. The van der Waals surface area contributed by atoms with E-state index < -0.39 is 11.7 Å². The molecule has 152 valence electrons. The number of hydrogen-bond donors (Lipinski definition) is 1. The van der Waals surface area contributed by atoms with Crippen LogP contribution in [0, 0.1) is 0 Å². The predicted octanol–water partition coefficient (Wildman–Crippen LogP) is 7.26. The lowest BCUT2D eigenvalue weighted by molar-refractivity contribution is 0.0636. The van der Waals surface area contributed by atoms with E-state index in [0.29, 0.717) is 17.2 Å². The van der Waals surface area contributed by atoms with Crippen LogP contribution in [0.5, 0.6) is 17.2 Å². The number of ether oxygens (including phenoxy) is 3. The summed E-state index contributed by atoms with van der Waals surface area (Å²) in [7, 11) is 1.63. The number of benzene rings is 2. The van der Waals surface area contributed by atoms with Gasteiger partial charge < -0.3 is 14.2 Å². The first kappa shape index (κ1) is 22.2. The fourth-order valence-electron chi connectivity index (χ4n) is 2.50. The Labute approximate surface area is 175 Å². The summed E-state index contributed by atoms with van der Waals surface area (Å²) in [6.07, 6.45) is -0.593. The first-order chi connectivity index (χ1) is 13.0. The Hall–Kier alpha value is -2.11. The van der Waals surface area contributed by atoms with E-state index in [1.54, 1.807) is 46.1 Å². The van der Waals surface area contributed by atoms with E-state index >= 15 is 0 Å². The summed E-state index contributed by atoms with van der Waals surface area (Å²) in [5.41, 5.74) is 0.813. The molecule has 0 atom stereocenters. The summed E-state index contributed by atoms with van der Waals surface area (Å²) in [5.74, 6) is 1.93. The summed E-state index contributed by atoms with van der Waals surface area (Å²) in [4.78, 5) is 11.9. The molecule has 0 fully saturated rings. The van der Waals surface area contributed by atoms with E-state index in [-0.39, 0.29) is 16.0 Å². The van der Waals surface area contributed by atoms with Gasteiger partial charge in [-0.15, -0.1) is 0 Å². The molecule has 1 N–H and O–H groups in total. The van der Waals surface area contributed by atoms with Crippen molar-refractivity contribution >= 4 is 35.0 Å². The second-order valence-corrected chi connectivity index (χ2v) is 8.37. The van der Waals surface area contributed by atoms with Gasteiger partial charge in [-0.2, -0.15) is 0 Å². The maximum atomic E-state index is 11.9. The van der Waals surface area contributed by atoms with Crippen molar-refractivity contribution in [2.45, 2.75) is 46.1 Å². The van der Waals surface area contributed by atoms with Crippen LogP contribution in [0.1, 0.15) is 46.1 Å². The molecule has 5 nitrogen and oxygen atoms in total. The van der Waals surface area contributed by atoms with Crippen LogP contribution in [0.25, 0.3) is 0 Å². The Morgan fingerprint density at radius 3 is 2.18 bits per heavy atom. The summed E-state index contributed by atoms with van der Waals surface area (Å²) in [6, 6.07) is 8.62. The average Bonchev–Trinajstić information content (AvgIpc) is 2.56. The Morgan fingerprint density at radius 1 is 1.07 bits per heavy atom. The highest BCUT2D eigenvalue weighted by Crippen LogP contribution is 2.40. The number of amides is 1. The molecule has 0 unspecified atom stereocenters. The monoisotopic (exact) mass is 425 g/mol. The quantitative estimate of drug-likeness (QED) is 0.547. The number of rotatable bonds is 5. The lowest BCUT2D eigenvalue weighted by Gasteiger charge is -2.20. The van der Waals surface area contributed by atoms with Crippen LogP contribution in [0.15, 0.2) is 30.3 Å². The maximum absolute atomic E-state index is 11.9. The predicted molar refractivity (Wildman–Crippen MR) is 113 cm³/mol. The Kier molecular flexibility index (Phi) is 7.07. The molecule has 0 spiro atoms. The van der Waals surface area contributed by atoms with Crippen LogP contribution >= 0.6 is 23.2 Å². The fraction of sp³-hybridized carbons (Fsp3) is 0.381. The summed E-state index contributed by atoms with van der Waals surface area (Å²) in [5, 5.41) is 3.14. The lowest BCUT2D eigenvalue weighted by atomic mass is 10.0. The third-order valence-electron chi connectivity index (χ3n) is 3.69. The van der Waals surface area contributed by atoms with Crippen molar-refractivity contribution in [1.82, 2.24) is 0 Å². The van der Waals surface area contributed by atoms with Gasteiger partial charge in [-0.05, 0) is 57.0 Å². The van der Waals surface area contributed by atoms with Crippen molar-refractivity contribution in [3.8, 4) is 17.2 Å². The normalized spacial score (nSPS) is 11.3. The highest BCUT2D eigenvalue weighted by Gasteiger charge is 2.18. The van der Waals surface area contributed by atoms with E-state index in [9.17, 15) is 4.79 Å². The minimum absolute atomic E-state index is 0.254. The molecular formula is C21H25Cl2NO4. The molecule has 0 aliphatic heterocycles. The van der Waals surface area contributed by atoms with Crippen molar-refractivity contribution in [1.29, 1.82) is 0 Å². The minimum atomic E-state index is -0.608. The number of carbonyl (C=O) groups is 1. The molecule has 1 amide bonds. The molecule has 0 aliphatic rings. The molecule has 2 aromatic rings. The molecular weight excluding hydrogens is 401 g/mol. The van der Waals surface area contributed by atoms with Gasteiger partial charge >= 0.3 is 6.09 Å². The van der Waals surface area contributed by atoms with Crippen LogP contribution < -0.4 is 14.8 Å². The zero-order valence-electron chi connectivity index (χ0n) is 16.9. The van der Waals surface area contributed by atoms with Gasteiger partial charge in [0.2, 0.25) is 0 Å². The van der Waals surface area contributed by atoms with Gasteiger partial charge in [0, 0.05) is 11.3 Å². The minimum Gasteiger partial charge on any atom is -0.496 e. The molecule has 0 aromatic heterocycles. The molecule has 0 heterocycles. The molecule has 0 radical (unpaired) electrons. The first-order valence-electron chi connectivity index (χ1n) is 8.85. The largest absolute Gasteiger partial charge is 0.496 e. The second-order valence-electron chi connectivity index (χ2n) is 7.56. The van der Waals surface area contributed by atoms with Crippen LogP contribution in [0.4, 0.5) is 10.5 Å². The highest BCUT2D eigenvalue weighted by molar-refractivity contribution is 6.37. The van der Waals surface area contributed by atoms with E-state index in [1.165, 1.54) is 0 Å². The number of halogens is 2. The SMILES string of the molecule is COc1ccc(Oc2c(Cl)cc(NC(=O)OC(C)(C)C)cc2Cl)cc1C(C)C. The third-order valence-corrected chi connectivity index (χ3v) is 4.25. The van der Waals surface area contributed by atoms with Gasteiger partial charge in [-0.1, -0.05) is 37.0 Å². The molecule has 2 aromatic carbocycles. The molecule has 28 heavy (non-hydrogen) atoms. The Balaban J connectivity index is 2.24. The van der Waals surface area contributed by atoms with Gasteiger partial charge in [0.05, 0.1) is 17.2 Å². The molecule has 0 saturated heterocycles. The van der Waals surface area contributed by atoms with E-state index in [2.05, 4.69) is 19.2 Å². The van der Waals surface area contributed by atoms with E-state index in [0.717, 1.165) is 11.3 Å². The van der Waals surface area contributed by atoms with Crippen molar-refractivity contribution in [3.05, 3.63) is 45.9 Å².